The Hall–Kier alpha value is -3.27. The summed E-state index contributed by atoms with van der Waals surface area (Å²) < 4.78 is 37.5. The molecule has 1 atom stereocenters. The number of sulfonamides is 1. The first-order valence-corrected chi connectivity index (χ1v) is 12.9. The Morgan fingerprint density at radius 1 is 1.06 bits per heavy atom. The topological polar surface area (TPSA) is 105 Å². The predicted octanol–water partition coefficient (Wildman–Crippen LogP) is 2.09. The molecule has 1 heterocycles. The van der Waals surface area contributed by atoms with Gasteiger partial charge in [-0.2, -0.15) is 0 Å². The quantitative estimate of drug-likeness (QED) is 0.578. The van der Waals surface area contributed by atoms with Crippen LogP contribution in [0.3, 0.4) is 0 Å². The number of amides is 2. The molecule has 1 aliphatic rings. The summed E-state index contributed by atoms with van der Waals surface area (Å²) >= 11 is 0. The van der Waals surface area contributed by atoms with Gasteiger partial charge in [0.05, 0.1) is 11.9 Å². The van der Waals surface area contributed by atoms with Crippen molar-refractivity contribution in [3.63, 3.8) is 0 Å². The summed E-state index contributed by atoms with van der Waals surface area (Å²) in [6, 6.07) is 11.6. The number of likely N-dealkylation sites (N-methyl/N-ethyl adjacent to an activating group) is 1. The molecule has 0 saturated carbocycles. The highest BCUT2D eigenvalue weighted by atomic mass is 32.2. The molecule has 184 valence electrons. The van der Waals surface area contributed by atoms with Crippen LogP contribution in [0, 0.1) is 6.92 Å². The van der Waals surface area contributed by atoms with Crippen LogP contribution in [-0.2, 0) is 26.2 Å². The van der Waals surface area contributed by atoms with Crippen molar-refractivity contribution in [1.29, 1.82) is 0 Å². The van der Waals surface area contributed by atoms with E-state index in [9.17, 15) is 18.0 Å². The number of hydrogen-bond acceptors (Lipinski definition) is 6. The number of carbonyl (C=O) groups is 2. The molecule has 9 nitrogen and oxygen atoms in total. The number of nitrogens with zero attached hydrogens (tertiary/aromatic N) is 2. The monoisotopic (exact) mass is 489 g/mol. The molecule has 0 saturated heterocycles. The molecule has 0 spiro atoms. The van der Waals surface area contributed by atoms with Crippen molar-refractivity contribution in [3.8, 4) is 11.5 Å². The first-order chi connectivity index (χ1) is 16.1. The Morgan fingerprint density at radius 2 is 1.71 bits per heavy atom. The highest BCUT2D eigenvalue weighted by molar-refractivity contribution is 7.92. The van der Waals surface area contributed by atoms with Crippen molar-refractivity contribution in [2.45, 2.75) is 32.9 Å². The second-order valence-electron chi connectivity index (χ2n) is 8.14. The largest absolute Gasteiger partial charge is 0.486 e. The van der Waals surface area contributed by atoms with Crippen LogP contribution in [0.15, 0.2) is 42.5 Å². The second-order valence-corrected chi connectivity index (χ2v) is 10.0. The van der Waals surface area contributed by atoms with E-state index in [4.69, 9.17) is 9.47 Å². The van der Waals surface area contributed by atoms with E-state index in [1.807, 2.05) is 38.1 Å². The number of fused-ring (bicyclic) bond motifs is 1. The summed E-state index contributed by atoms with van der Waals surface area (Å²) in [5.74, 6) is 0.129. The third-order valence-electron chi connectivity index (χ3n) is 5.60. The van der Waals surface area contributed by atoms with Crippen molar-refractivity contribution in [2.24, 2.45) is 0 Å². The summed E-state index contributed by atoms with van der Waals surface area (Å²) in [7, 11) is -2.31. The van der Waals surface area contributed by atoms with Crippen molar-refractivity contribution < 1.29 is 27.5 Å². The minimum absolute atomic E-state index is 0.170. The fourth-order valence-electron chi connectivity index (χ4n) is 3.78. The van der Waals surface area contributed by atoms with Crippen LogP contribution in [-0.4, -0.2) is 64.2 Å². The van der Waals surface area contributed by atoms with Crippen molar-refractivity contribution >= 4 is 27.5 Å². The lowest BCUT2D eigenvalue weighted by molar-refractivity contribution is -0.140. The van der Waals surface area contributed by atoms with Gasteiger partial charge in [0, 0.05) is 19.7 Å². The van der Waals surface area contributed by atoms with Gasteiger partial charge in [-0.25, -0.2) is 8.42 Å². The molecule has 1 N–H and O–H groups in total. The third-order valence-corrected chi connectivity index (χ3v) is 6.74. The predicted molar refractivity (Wildman–Crippen MR) is 129 cm³/mol. The molecule has 34 heavy (non-hydrogen) atoms. The van der Waals surface area contributed by atoms with Gasteiger partial charge in [0.15, 0.2) is 11.5 Å². The molecule has 1 aliphatic heterocycles. The number of carbonyl (C=O) groups excluding carboxylic acids is 2. The van der Waals surface area contributed by atoms with E-state index in [0.29, 0.717) is 31.1 Å². The zero-order valence-electron chi connectivity index (χ0n) is 19.9. The molecular weight excluding hydrogens is 458 g/mol. The van der Waals surface area contributed by atoms with Crippen LogP contribution < -0.4 is 19.1 Å². The molecule has 2 amide bonds. The average Bonchev–Trinajstić information content (AvgIpc) is 2.82. The van der Waals surface area contributed by atoms with E-state index in [1.54, 1.807) is 18.2 Å². The van der Waals surface area contributed by atoms with E-state index < -0.39 is 28.5 Å². The lowest BCUT2D eigenvalue weighted by atomic mass is 10.1. The van der Waals surface area contributed by atoms with Crippen LogP contribution in [0.4, 0.5) is 5.69 Å². The SMILES string of the molecule is CC[C@@H](C(=O)NC)N(Cc1ccc(C)cc1)C(=O)CN(c1ccc2c(c1)OCCO2)S(C)(=O)=O. The van der Waals surface area contributed by atoms with E-state index in [0.717, 1.165) is 21.7 Å². The maximum Gasteiger partial charge on any atom is 0.244 e. The molecule has 0 unspecified atom stereocenters. The molecule has 3 rings (SSSR count). The number of rotatable bonds is 9. The van der Waals surface area contributed by atoms with Gasteiger partial charge in [-0.1, -0.05) is 36.8 Å². The van der Waals surface area contributed by atoms with Gasteiger partial charge in [0.2, 0.25) is 21.8 Å². The van der Waals surface area contributed by atoms with Crippen molar-refractivity contribution in [3.05, 3.63) is 53.6 Å². The summed E-state index contributed by atoms with van der Waals surface area (Å²) in [5.41, 5.74) is 2.19. The number of benzene rings is 2. The number of anilines is 1. The van der Waals surface area contributed by atoms with Gasteiger partial charge in [0.1, 0.15) is 25.8 Å². The maximum atomic E-state index is 13.5. The smallest absolute Gasteiger partial charge is 0.244 e. The third kappa shape index (κ3) is 5.99. The van der Waals surface area contributed by atoms with E-state index in [2.05, 4.69) is 5.32 Å². The van der Waals surface area contributed by atoms with Gasteiger partial charge in [-0.05, 0) is 31.0 Å². The normalized spacial score (nSPS) is 13.6. The van der Waals surface area contributed by atoms with Gasteiger partial charge in [-0.3, -0.25) is 13.9 Å². The lowest BCUT2D eigenvalue weighted by Gasteiger charge is -2.32. The zero-order chi connectivity index (χ0) is 24.9. The highest BCUT2D eigenvalue weighted by Gasteiger charge is 2.31. The Labute approximate surface area is 200 Å². The fraction of sp³-hybridized carbons (Fsp3) is 0.417. The van der Waals surface area contributed by atoms with Crippen molar-refractivity contribution in [2.75, 3.05) is 37.4 Å². The van der Waals surface area contributed by atoms with Gasteiger partial charge in [-0.15, -0.1) is 0 Å². The molecule has 0 bridgehead atoms. The van der Waals surface area contributed by atoms with E-state index in [-0.39, 0.29) is 18.1 Å². The Bertz CT molecular complexity index is 1130. The standard InChI is InChI=1S/C24H31N3O6S/c1-5-20(24(29)25-3)26(15-18-8-6-17(2)7-9-18)23(28)16-27(34(4,30)31)19-10-11-21-22(14-19)33-13-12-32-21/h6-11,14,20H,5,12-13,15-16H2,1-4H3,(H,25,29)/t20-/m0/s1. The summed E-state index contributed by atoms with van der Waals surface area (Å²) in [6.07, 6.45) is 1.41. The van der Waals surface area contributed by atoms with Crippen LogP contribution >= 0.6 is 0 Å². The second kappa shape index (κ2) is 10.8. The number of nitrogens with one attached hydrogen (secondary N) is 1. The first kappa shape index (κ1) is 25.4. The van der Waals surface area contributed by atoms with E-state index >= 15 is 0 Å². The molecule has 0 aromatic heterocycles. The molecular formula is C24H31N3O6S. The first-order valence-electron chi connectivity index (χ1n) is 11.1. The van der Waals surface area contributed by atoms with Gasteiger partial charge in [0.25, 0.3) is 0 Å². The summed E-state index contributed by atoms with van der Waals surface area (Å²) in [4.78, 5) is 27.5. The molecule has 10 heteroatoms. The van der Waals surface area contributed by atoms with Crippen LogP contribution in [0.1, 0.15) is 24.5 Å². The lowest BCUT2D eigenvalue weighted by Crippen LogP contribution is -2.51. The Morgan fingerprint density at radius 3 is 2.29 bits per heavy atom. The zero-order valence-corrected chi connectivity index (χ0v) is 20.7. The highest BCUT2D eigenvalue weighted by Crippen LogP contribution is 2.34. The average molecular weight is 490 g/mol. The molecule has 0 aliphatic carbocycles. The van der Waals surface area contributed by atoms with Crippen LogP contribution in [0.25, 0.3) is 0 Å². The minimum Gasteiger partial charge on any atom is -0.486 e. The minimum atomic E-state index is -3.82. The van der Waals surface area contributed by atoms with Gasteiger partial charge >= 0.3 is 0 Å². The molecule has 0 fully saturated rings. The molecule has 2 aromatic carbocycles. The molecule has 2 aromatic rings. The fourth-order valence-corrected chi connectivity index (χ4v) is 4.62. The number of aryl methyl sites for hydroxylation is 1. The Balaban J connectivity index is 1.94. The van der Waals surface area contributed by atoms with E-state index in [1.165, 1.54) is 11.9 Å². The van der Waals surface area contributed by atoms with Crippen molar-refractivity contribution in [1.82, 2.24) is 10.2 Å². The Kier molecular flexibility index (Phi) is 8.03. The van der Waals surface area contributed by atoms with Gasteiger partial charge < -0.3 is 19.7 Å². The van der Waals surface area contributed by atoms with Crippen LogP contribution in [0.5, 0.6) is 11.5 Å². The summed E-state index contributed by atoms with van der Waals surface area (Å²) in [6.45, 7) is 4.24. The number of ether oxygens (including phenoxy) is 2. The summed E-state index contributed by atoms with van der Waals surface area (Å²) in [5, 5.41) is 2.60. The molecule has 0 radical (unpaired) electrons. The maximum absolute atomic E-state index is 13.5. The van der Waals surface area contributed by atoms with Crippen LogP contribution in [0.2, 0.25) is 0 Å². The number of hydrogen-bond donors (Lipinski definition) is 1.